The number of aldehydes is 1. The van der Waals surface area contributed by atoms with Gasteiger partial charge in [0.15, 0.2) is 18.1 Å². The van der Waals surface area contributed by atoms with Crippen LogP contribution in [-0.2, 0) is 9.59 Å². The summed E-state index contributed by atoms with van der Waals surface area (Å²) in [6.07, 6.45) is 0.687. The number of nitrogens with zero attached hydrogens (tertiary/aromatic N) is 1. The highest BCUT2D eigenvalue weighted by Crippen LogP contribution is 2.27. The molecule has 148 valence electrons. The average molecular weight is 386 g/mol. The Bertz CT molecular complexity index is 835. The van der Waals surface area contributed by atoms with Crippen molar-refractivity contribution < 1.29 is 28.6 Å². The molecule has 0 radical (unpaired) electrons. The smallest absolute Gasteiger partial charge is 0.260 e. The van der Waals surface area contributed by atoms with E-state index in [9.17, 15) is 14.4 Å². The van der Waals surface area contributed by atoms with Crippen molar-refractivity contribution in [2.75, 3.05) is 39.7 Å². The van der Waals surface area contributed by atoms with Crippen molar-refractivity contribution in [2.24, 2.45) is 0 Å². The molecular formula is C20H22N2O6. The molecule has 2 rings (SSSR count). The van der Waals surface area contributed by atoms with E-state index in [0.717, 1.165) is 0 Å². The number of likely N-dealkylation sites (N-methyl/N-ethyl adjacent to an activating group) is 1. The number of nitrogens with one attached hydrogen (secondary N) is 1. The third-order valence-corrected chi connectivity index (χ3v) is 3.86. The van der Waals surface area contributed by atoms with Gasteiger partial charge in [0, 0.05) is 18.3 Å². The SMILES string of the molecule is COc1ccc(NC(=O)CN(C)C(=O)COc2ccc(C=O)cc2OC)cc1. The molecule has 0 aromatic heterocycles. The topological polar surface area (TPSA) is 94.2 Å². The molecule has 1 N–H and O–H groups in total. The molecule has 0 spiro atoms. The van der Waals surface area contributed by atoms with E-state index < -0.39 is 0 Å². The molecule has 2 amide bonds. The molecule has 28 heavy (non-hydrogen) atoms. The fourth-order valence-electron chi connectivity index (χ4n) is 2.30. The van der Waals surface area contributed by atoms with Crippen LogP contribution in [0.25, 0.3) is 0 Å². The molecule has 0 aliphatic rings. The van der Waals surface area contributed by atoms with Crippen molar-refractivity contribution in [3.63, 3.8) is 0 Å². The van der Waals surface area contributed by atoms with Gasteiger partial charge in [-0.2, -0.15) is 0 Å². The Morgan fingerprint density at radius 1 is 1.04 bits per heavy atom. The average Bonchev–Trinajstić information content (AvgIpc) is 2.72. The van der Waals surface area contributed by atoms with Gasteiger partial charge in [0.1, 0.15) is 12.0 Å². The number of methoxy groups -OCH3 is 2. The zero-order valence-corrected chi connectivity index (χ0v) is 15.9. The van der Waals surface area contributed by atoms with Crippen LogP contribution in [0.15, 0.2) is 42.5 Å². The van der Waals surface area contributed by atoms with E-state index in [0.29, 0.717) is 34.8 Å². The van der Waals surface area contributed by atoms with Crippen molar-refractivity contribution >= 4 is 23.8 Å². The minimum atomic E-state index is -0.383. The van der Waals surface area contributed by atoms with Crippen LogP contribution in [0.4, 0.5) is 5.69 Å². The van der Waals surface area contributed by atoms with Gasteiger partial charge in [-0.05, 0) is 42.5 Å². The molecule has 2 aromatic carbocycles. The monoisotopic (exact) mass is 386 g/mol. The van der Waals surface area contributed by atoms with Gasteiger partial charge in [0.25, 0.3) is 5.91 Å². The number of rotatable bonds is 9. The second-order valence-electron chi connectivity index (χ2n) is 5.84. The third-order valence-electron chi connectivity index (χ3n) is 3.86. The fraction of sp³-hybridized carbons (Fsp3) is 0.250. The summed E-state index contributed by atoms with van der Waals surface area (Å²) in [6, 6.07) is 11.5. The van der Waals surface area contributed by atoms with Crippen LogP contribution < -0.4 is 19.5 Å². The van der Waals surface area contributed by atoms with E-state index in [4.69, 9.17) is 14.2 Å². The molecule has 8 nitrogen and oxygen atoms in total. The van der Waals surface area contributed by atoms with Gasteiger partial charge in [-0.15, -0.1) is 0 Å². The summed E-state index contributed by atoms with van der Waals surface area (Å²) < 4.78 is 15.7. The normalized spacial score (nSPS) is 9.96. The van der Waals surface area contributed by atoms with Gasteiger partial charge in [-0.25, -0.2) is 0 Å². The Morgan fingerprint density at radius 3 is 2.36 bits per heavy atom. The van der Waals surface area contributed by atoms with Crippen LogP contribution in [0.1, 0.15) is 10.4 Å². The lowest BCUT2D eigenvalue weighted by atomic mass is 10.2. The summed E-state index contributed by atoms with van der Waals surface area (Å²) in [5.41, 5.74) is 1.03. The molecule has 0 bridgehead atoms. The summed E-state index contributed by atoms with van der Waals surface area (Å²) in [5, 5.41) is 2.70. The minimum absolute atomic E-state index is 0.130. The first kappa shape index (κ1) is 20.8. The molecule has 0 atom stereocenters. The van der Waals surface area contributed by atoms with Crippen molar-refractivity contribution in [3.05, 3.63) is 48.0 Å². The summed E-state index contributed by atoms with van der Waals surface area (Å²) >= 11 is 0. The number of ether oxygens (including phenoxy) is 3. The van der Waals surface area contributed by atoms with E-state index in [-0.39, 0.29) is 25.0 Å². The minimum Gasteiger partial charge on any atom is -0.497 e. The van der Waals surface area contributed by atoms with Crippen molar-refractivity contribution in [2.45, 2.75) is 0 Å². The molecule has 0 saturated heterocycles. The number of hydrogen-bond acceptors (Lipinski definition) is 6. The Hall–Kier alpha value is -3.55. The van der Waals surface area contributed by atoms with Gasteiger partial charge < -0.3 is 24.4 Å². The first-order chi connectivity index (χ1) is 13.5. The standard InChI is InChI=1S/C20H22N2O6/c1-22(11-19(24)21-15-5-7-16(26-2)8-6-15)20(25)13-28-17-9-4-14(12-23)10-18(17)27-3/h4-10,12H,11,13H2,1-3H3,(H,21,24). The summed E-state index contributed by atoms with van der Waals surface area (Å²) in [5.74, 6) is 0.634. The molecule has 8 heteroatoms. The lowest BCUT2D eigenvalue weighted by molar-refractivity contribution is -0.135. The van der Waals surface area contributed by atoms with E-state index in [2.05, 4.69) is 5.32 Å². The van der Waals surface area contributed by atoms with Crippen LogP contribution in [0.5, 0.6) is 17.2 Å². The number of anilines is 1. The van der Waals surface area contributed by atoms with Crippen LogP contribution >= 0.6 is 0 Å². The van der Waals surface area contributed by atoms with Crippen molar-refractivity contribution in [1.82, 2.24) is 4.90 Å². The maximum atomic E-state index is 12.2. The molecule has 0 aliphatic heterocycles. The van der Waals surface area contributed by atoms with E-state index in [1.54, 1.807) is 43.5 Å². The van der Waals surface area contributed by atoms with Gasteiger partial charge in [-0.3, -0.25) is 14.4 Å². The zero-order chi connectivity index (χ0) is 20.5. The number of benzene rings is 2. The highest BCUT2D eigenvalue weighted by Gasteiger charge is 2.15. The van der Waals surface area contributed by atoms with E-state index >= 15 is 0 Å². The lowest BCUT2D eigenvalue weighted by Crippen LogP contribution is -2.37. The third kappa shape index (κ3) is 5.73. The summed E-state index contributed by atoms with van der Waals surface area (Å²) in [6.45, 7) is -0.404. The van der Waals surface area contributed by atoms with Gasteiger partial charge in [0.05, 0.1) is 20.8 Å². The number of carbonyl (C=O) groups excluding carboxylic acids is 3. The Morgan fingerprint density at radius 2 is 1.75 bits per heavy atom. The molecule has 0 saturated carbocycles. The molecular weight excluding hydrogens is 364 g/mol. The zero-order valence-electron chi connectivity index (χ0n) is 15.9. The Balaban J connectivity index is 1.86. The van der Waals surface area contributed by atoms with E-state index in [1.165, 1.54) is 25.1 Å². The number of hydrogen-bond donors (Lipinski definition) is 1. The van der Waals surface area contributed by atoms with Gasteiger partial charge >= 0.3 is 0 Å². The maximum absolute atomic E-state index is 12.2. The molecule has 0 unspecified atom stereocenters. The summed E-state index contributed by atoms with van der Waals surface area (Å²) in [4.78, 5) is 36.4. The summed E-state index contributed by atoms with van der Waals surface area (Å²) in [7, 11) is 4.50. The molecule has 2 aromatic rings. The largest absolute Gasteiger partial charge is 0.497 e. The molecule has 0 heterocycles. The quantitative estimate of drug-likeness (QED) is 0.663. The second kappa shape index (κ2) is 9.96. The van der Waals surface area contributed by atoms with Gasteiger partial charge in [0.2, 0.25) is 5.91 Å². The fourth-order valence-corrected chi connectivity index (χ4v) is 2.30. The van der Waals surface area contributed by atoms with Crippen LogP contribution in [0, 0.1) is 0 Å². The molecule has 0 fully saturated rings. The Kier molecular flexibility index (Phi) is 7.38. The van der Waals surface area contributed by atoms with Crippen molar-refractivity contribution in [3.8, 4) is 17.2 Å². The predicted octanol–water partition coefficient (Wildman–Crippen LogP) is 1.99. The number of carbonyl (C=O) groups is 3. The van der Waals surface area contributed by atoms with E-state index in [1.807, 2.05) is 0 Å². The maximum Gasteiger partial charge on any atom is 0.260 e. The van der Waals surface area contributed by atoms with Crippen LogP contribution in [0.2, 0.25) is 0 Å². The number of amides is 2. The first-order valence-corrected chi connectivity index (χ1v) is 8.40. The van der Waals surface area contributed by atoms with Crippen LogP contribution in [-0.4, -0.2) is 57.4 Å². The van der Waals surface area contributed by atoms with Crippen molar-refractivity contribution in [1.29, 1.82) is 0 Å². The van der Waals surface area contributed by atoms with Gasteiger partial charge in [-0.1, -0.05) is 0 Å². The second-order valence-corrected chi connectivity index (χ2v) is 5.84. The Labute approximate surface area is 163 Å². The highest BCUT2D eigenvalue weighted by atomic mass is 16.5. The van der Waals surface area contributed by atoms with Crippen LogP contribution in [0.3, 0.4) is 0 Å². The highest BCUT2D eigenvalue weighted by molar-refractivity contribution is 5.94. The molecule has 0 aliphatic carbocycles. The first-order valence-electron chi connectivity index (χ1n) is 8.40. The predicted molar refractivity (Wildman–Crippen MR) is 103 cm³/mol. The lowest BCUT2D eigenvalue weighted by Gasteiger charge is -2.18.